The first-order chi connectivity index (χ1) is 10.5. The molecule has 2 aliphatic heterocycles. The van der Waals surface area contributed by atoms with Gasteiger partial charge in [0.05, 0.1) is 25.1 Å². The molecule has 1 aromatic rings. The molecule has 4 nitrogen and oxygen atoms in total. The van der Waals surface area contributed by atoms with Gasteiger partial charge in [0.15, 0.2) is 0 Å². The van der Waals surface area contributed by atoms with Crippen molar-refractivity contribution < 1.29 is 19.0 Å². The molecule has 2 unspecified atom stereocenters. The van der Waals surface area contributed by atoms with Gasteiger partial charge in [0.2, 0.25) is 5.91 Å². The fourth-order valence-electron chi connectivity index (χ4n) is 3.44. The highest BCUT2D eigenvalue weighted by molar-refractivity contribution is 5.80. The van der Waals surface area contributed by atoms with Crippen molar-refractivity contribution in [3.63, 3.8) is 0 Å². The fourth-order valence-corrected chi connectivity index (χ4v) is 3.44. The van der Waals surface area contributed by atoms with E-state index >= 15 is 0 Å². The minimum Gasteiger partial charge on any atom is -0.381 e. The van der Waals surface area contributed by atoms with Crippen LogP contribution in [0.5, 0.6) is 0 Å². The summed E-state index contributed by atoms with van der Waals surface area (Å²) in [4.78, 5) is 14.3. The zero-order valence-corrected chi connectivity index (χ0v) is 12.8. The molecule has 22 heavy (non-hydrogen) atoms. The number of rotatable bonds is 3. The van der Waals surface area contributed by atoms with Crippen LogP contribution in [0.4, 0.5) is 4.39 Å². The first kappa shape index (κ1) is 15.4. The number of carbonyl (C=O) groups excluding carboxylic acids is 1. The molecule has 0 saturated carbocycles. The monoisotopic (exact) mass is 307 g/mol. The second-order valence-electron chi connectivity index (χ2n) is 6.30. The van der Waals surface area contributed by atoms with Crippen molar-refractivity contribution in [2.45, 2.75) is 37.9 Å². The fraction of sp³-hybridized carbons (Fsp3) is 0.588. The van der Waals surface area contributed by atoms with Crippen molar-refractivity contribution in [3.8, 4) is 0 Å². The lowest BCUT2D eigenvalue weighted by atomic mass is 9.83. The lowest BCUT2D eigenvalue weighted by Gasteiger charge is -2.48. The molecular formula is C17H22FNO3. The average molecular weight is 307 g/mol. The van der Waals surface area contributed by atoms with Crippen LogP contribution in [0, 0.1) is 11.7 Å². The molecule has 2 aliphatic rings. The Bertz CT molecular complexity index is 539. The van der Waals surface area contributed by atoms with E-state index in [-0.39, 0.29) is 36.8 Å². The number of nitrogens with zero attached hydrogens (tertiary/aromatic N) is 1. The summed E-state index contributed by atoms with van der Waals surface area (Å²) >= 11 is 0. The van der Waals surface area contributed by atoms with Gasteiger partial charge in [0.25, 0.3) is 0 Å². The van der Waals surface area contributed by atoms with E-state index in [0.717, 1.165) is 25.9 Å². The van der Waals surface area contributed by atoms with Crippen molar-refractivity contribution in [2.75, 3.05) is 19.7 Å². The number of hydrogen-bond acceptors (Lipinski definition) is 3. The van der Waals surface area contributed by atoms with Gasteiger partial charge < -0.3 is 14.7 Å². The van der Waals surface area contributed by atoms with E-state index in [9.17, 15) is 14.3 Å². The summed E-state index contributed by atoms with van der Waals surface area (Å²) in [6.45, 7) is 3.29. The van der Waals surface area contributed by atoms with Gasteiger partial charge in [0.1, 0.15) is 11.4 Å². The third-order valence-electron chi connectivity index (χ3n) is 4.76. The Morgan fingerprint density at radius 3 is 2.73 bits per heavy atom. The van der Waals surface area contributed by atoms with Crippen LogP contribution in [0.3, 0.4) is 0 Å². The Morgan fingerprint density at radius 2 is 2.09 bits per heavy atom. The lowest BCUT2D eigenvalue weighted by molar-refractivity contribution is -0.169. The molecule has 0 spiro atoms. The normalized spacial score (nSPS) is 27.3. The van der Waals surface area contributed by atoms with E-state index in [4.69, 9.17) is 4.74 Å². The van der Waals surface area contributed by atoms with Crippen molar-refractivity contribution in [2.24, 2.45) is 5.92 Å². The van der Waals surface area contributed by atoms with Crippen molar-refractivity contribution in [3.05, 3.63) is 35.6 Å². The molecule has 0 aliphatic carbocycles. The molecule has 0 aromatic heterocycles. The van der Waals surface area contributed by atoms with E-state index in [1.807, 2.05) is 6.92 Å². The Kier molecular flexibility index (Phi) is 4.19. The van der Waals surface area contributed by atoms with Crippen LogP contribution in [0.15, 0.2) is 24.3 Å². The van der Waals surface area contributed by atoms with Gasteiger partial charge in [-0.25, -0.2) is 4.39 Å². The Hall–Kier alpha value is -1.46. The summed E-state index contributed by atoms with van der Waals surface area (Å²) in [6.07, 6.45) is 2.57. The maximum atomic E-state index is 13.0. The van der Waals surface area contributed by atoms with E-state index in [1.165, 1.54) is 12.1 Å². The number of likely N-dealkylation sites (tertiary alicyclic amines) is 1. The van der Waals surface area contributed by atoms with Gasteiger partial charge in [0, 0.05) is 6.61 Å². The van der Waals surface area contributed by atoms with Crippen LogP contribution in [0.25, 0.3) is 0 Å². The summed E-state index contributed by atoms with van der Waals surface area (Å²) in [5.41, 5.74) is -0.398. The van der Waals surface area contributed by atoms with Crippen molar-refractivity contribution in [1.29, 1.82) is 0 Å². The Labute approximate surface area is 129 Å². The molecule has 5 heteroatoms. The molecule has 0 radical (unpaired) electrons. The van der Waals surface area contributed by atoms with Crippen molar-refractivity contribution >= 4 is 5.91 Å². The zero-order valence-electron chi connectivity index (χ0n) is 12.8. The molecule has 2 heterocycles. The molecule has 1 amide bonds. The van der Waals surface area contributed by atoms with E-state index in [1.54, 1.807) is 17.0 Å². The number of carbonyl (C=O) groups is 1. The summed E-state index contributed by atoms with van der Waals surface area (Å²) in [5.74, 6) is -0.361. The predicted molar refractivity (Wildman–Crippen MR) is 79.6 cm³/mol. The molecule has 2 saturated heterocycles. The number of amides is 1. The van der Waals surface area contributed by atoms with Crippen LogP contribution < -0.4 is 0 Å². The van der Waals surface area contributed by atoms with Crippen LogP contribution in [0.2, 0.25) is 0 Å². The van der Waals surface area contributed by atoms with Gasteiger partial charge in [-0.05, 0) is 37.0 Å². The molecule has 1 N–H and O–H groups in total. The number of halogens is 1. The van der Waals surface area contributed by atoms with E-state index in [0.29, 0.717) is 5.56 Å². The molecule has 1 aromatic carbocycles. The third-order valence-corrected chi connectivity index (χ3v) is 4.76. The summed E-state index contributed by atoms with van der Waals surface area (Å²) in [6, 6.07) is 5.82. The summed E-state index contributed by atoms with van der Waals surface area (Å²) < 4.78 is 18.6. The number of hydrogen-bond donors (Lipinski definition) is 1. The maximum absolute atomic E-state index is 13.0. The number of β-amino-alcohol motifs (C(OH)–C–C–N with tert-alkyl or cyclic N) is 1. The number of ether oxygens (including phenoxy) is 1. The molecule has 3 rings (SSSR count). The van der Waals surface area contributed by atoms with E-state index < -0.39 is 5.60 Å². The van der Waals surface area contributed by atoms with Gasteiger partial charge in [-0.1, -0.05) is 19.1 Å². The molecule has 120 valence electrons. The highest BCUT2D eigenvalue weighted by atomic mass is 19.1. The minimum atomic E-state index is -1.05. The SMILES string of the molecule is CCC1OCCCC1C(=O)N1CC(O)(c2ccc(F)cc2)C1. The smallest absolute Gasteiger partial charge is 0.228 e. The maximum Gasteiger partial charge on any atom is 0.228 e. The summed E-state index contributed by atoms with van der Waals surface area (Å²) in [7, 11) is 0. The predicted octanol–water partition coefficient (Wildman–Crippen LogP) is 2.06. The van der Waals surface area contributed by atoms with Crippen LogP contribution in [-0.2, 0) is 15.1 Å². The lowest BCUT2D eigenvalue weighted by Crippen LogP contribution is -2.63. The first-order valence-electron chi connectivity index (χ1n) is 7.92. The minimum absolute atomic E-state index is 0.0132. The van der Waals surface area contributed by atoms with Gasteiger partial charge >= 0.3 is 0 Å². The number of aliphatic hydroxyl groups is 1. The Morgan fingerprint density at radius 1 is 1.41 bits per heavy atom. The summed E-state index contributed by atoms with van der Waals surface area (Å²) in [5, 5.41) is 10.6. The van der Waals surface area contributed by atoms with Gasteiger partial charge in [-0.15, -0.1) is 0 Å². The topological polar surface area (TPSA) is 49.8 Å². The highest BCUT2D eigenvalue weighted by Crippen LogP contribution is 2.35. The van der Waals surface area contributed by atoms with Gasteiger partial charge in [-0.2, -0.15) is 0 Å². The molecule has 0 bridgehead atoms. The number of benzene rings is 1. The van der Waals surface area contributed by atoms with Crippen LogP contribution in [-0.4, -0.2) is 41.7 Å². The average Bonchev–Trinajstić information content (AvgIpc) is 2.52. The quantitative estimate of drug-likeness (QED) is 0.930. The van der Waals surface area contributed by atoms with Crippen LogP contribution in [0.1, 0.15) is 31.7 Å². The molecule has 2 atom stereocenters. The van der Waals surface area contributed by atoms with Crippen LogP contribution >= 0.6 is 0 Å². The van der Waals surface area contributed by atoms with Crippen molar-refractivity contribution in [1.82, 2.24) is 4.90 Å². The third kappa shape index (κ3) is 2.75. The second kappa shape index (κ2) is 5.97. The second-order valence-corrected chi connectivity index (χ2v) is 6.30. The Balaban J connectivity index is 1.64. The largest absolute Gasteiger partial charge is 0.381 e. The standard InChI is InChI=1S/C17H22FNO3/c1-2-15-14(4-3-9-22-15)16(20)19-10-17(21,11-19)12-5-7-13(18)8-6-12/h5-8,14-15,21H,2-4,9-11H2,1H3. The first-order valence-corrected chi connectivity index (χ1v) is 7.92. The highest BCUT2D eigenvalue weighted by Gasteiger charge is 2.47. The van der Waals surface area contributed by atoms with Gasteiger partial charge in [-0.3, -0.25) is 4.79 Å². The molecular weight excluding hydrogens is 285 g/mol. The van der Waals surface area contributed by atoms with E-state index in [2.05, 4.69) is 0 Å². The zero-order chi connectivity index (χ0) is 15.7. The molecule has 2 fully saturated rings.